The highest BCUT2D eigenvalue weighted by atomic mass is 32.2. The van der Waals surface area contributed by atoms with Crippen LogP contribution in [0.25, 0.3) is 0 Å². The molecule has 0 aromatic heterocycles. The molecule has 0 saturated carbocycles. The molecule has 0 spiro atoms. The fourth-order valence-electron chi connectivity index (χ4n) is 1.17. The van der Waals surface area contributed by atoms with Crippen LogP contribution in [0.2, 0.25) is 0 Å². The third-order valence-electron chi connectivity index (χ3n) is 1.94. The minimum atomic E-state index is -0.170. The lowest BCUT2D eigenvalue weighted by Gasteiger charge is -2.12. The van der Waals surface area contributed by atoms with Gasteiger partial charge >= 0.3 is 0 Å². The number of hydrazine groups is 1. The average molecular weight is 225 g/mol. The Bertz CT molecular complexity index is 343. The number of rotatable bonds is 4. The van der Waals surface area contributed by atoms with Gasteiger partial charge in [0.05, 0.1) is 5.25 Å². The molecule has 82 valence electrons. The highest BCUT2D eigenvalue weighted by Crippen LogP contribution is 2.26. The van der Waals surface area contributed by atoms with Crippen LogP contribution in [0.5, 0.6) is 0 Å². The van der Waals surface area contributed by atoms with Crippen molar-refractivity contribution in [2.24, 2.45) is 5.84 Å². The van der Waals surface area contributed by atoms with E-state index < -0.39 is 0 Å². The first-order chi connectivity index (χ1) is 7.17. The highest BCUT2D eigenvalue weighted by Gasteiger charge is 2.16. The summed E-state index contributed by atoms with van der Waals surface area (Å²) in [5.41, 5.74) is 8.50. The molecule has 0 fully saturated rings. The Labute approximate surface area is 93.4 Å². The van der Waals surface area contributed by atoms with Crippen molar-refractivity contribution in [3.8, 4) is 0 Å². The van der Waals surface area contributed by atoms with Crippen molar-refractivity contribution in [1.82, 2.24) is 5.43 Å². The summed E-state index contributed by atoms with van der Waals surface area (Å²) >= 11 is 1.46. The van der Waals surface area contributed by atoms with E-state index >= 15 is 0 Å². The topological polar surface area (TPSA) is 81.1 Å². The van der Waals surface area contributed by atoms with E-state index in [1.807, 2.05) is 31.2 Å². The summed E-state index contributed by atoms with van der Waals surface area (Å²) in [5, 5.41) is -0.170. The number of thioether (sulfide) groups is 1. The highest BCUT2D eigenvalue weighted by molar-refractivity contribution is 8.00. The molecule has 0 aliphatic carbocycles. The van der Waals surface area contributed by atoms with E-state index in [0.29, 0.717) is 5.69 Å². The van der Waals surface area contributed by atoms with E-state index in [1.165, 1.54) is 11.8 Å². The summed E-state index contributed by atoms with van der Waals surface area (Å²) in [4.78, 5) is 12.3. The average Bonchev–Trinajstić information content (AvgIpc) is 2.25. The molecule has 1 unspecified atom stereocenters. The Balaban J connectivity index is 2.70. The van der Waals surface area contributed by atoms with Gasteiger partial charge in [0.25, 0.3) is 0 Å². The monoisotopic (exact) mass is 225 g/mol. The van der Waals surface area contributed by atoms with Crippen molar-refractivity contribution in [3.63, 3.8) is 0 Å². The van der Waals surface area contributed by atoms with E-state index in [2.05, 4.69) is 5.43 Å². The number of carbonyl (C=O) groups is 1. The van der Waals surface area contributed by atoms with Gasteiger partial charge in [-0.2, -0.15) is 0 Å². The normalized spacial score (nSPS) is 12.1. The minimum absolute atomic E-state index is 0.162. The second-order valence-electron chi connectivity index (χ2n) is 3.10. The third-order valence-corrected chi connectivity index (χ3v) is 3.30. The molecule has 0 aliphatic heterocycles. The molecule has 1 aromatic rings. The van der Waals surface area contributed by atoms with Gasteiger partial charge in [-0.25, -0.2) is 5.84 Å². The van der Waals surface area contributed by atoms with Crippen LogP contribution in [0.4, 0.5) is 5.69 Å². The second-order valence-corrected chi connectivity index (χ2v) is 4.37. The first-order valence-corrected chi connectivity index (χ1v) is 5.58. The van der Waals surface area contributed by atoms with Gasteiger partial charge in [0.2, 0.25) is 5.91 Å². The van der Waals surface area contributed by atoms with Crippen molar-refractivity contribution in [3.05, 3.63) is 24.3 Å². The Morgan fingerprint density at radius 2 is 2.33 bits per heavy atom. The second kappa shape index (κ2) is 5.63. The summed E-state index contributed by atoms with van der Waals surface area (Å²) in [7, 11) is 0. The van der Waals surface area contributed by atoms with E-state index in [0.717, 1.165) is 11.3 Å². The summed E-state index contributed by atoms with van der Waals surface area (Å²) in [5.74, 6) is 4.93. The molecule has 0 radical (unpaired) electrons. The molecule has 0 aliphatic rings. The maximum Gasteiger partial charge on any atom is 0.247 e. The predicted molar refractivity (Wildman–Crippen MR) is 63.1 cm³/mol. The predicted octanol–water partition coefficient (Wildman–Crippen LogP) is 1.13. The van der Waals surface area contributed by atoms with E-state index in [1.54, 1.807) is 0 Å². The third kappa shape index (κ3) is 3.45. The molecule has 0 bridgehead atoms. The summed E-state index contributed by atoms with van der Waals surface area (Å²) < 4.78 is 0. The number of hydrogen-bond acceptors (Lipinski definition) is 4. The maximum atomic E-state index is 11.3. The summed E-state index contributed by atoms with van der Waals surface area (Å²) in [6.45, 7) is 1.94. The maximum absolute atomic E-state index is 11.3. The summed E-state index contributed by atoms with van der Waals surface area (Å²) in [6, 6.07) is 7.45. The van der Waals surface area contributed by atoms with E-state index in [9.17, 15) is 4.79 Å². The molecular weight excluding hydrogens is 210 g/mol. The van der Waals surface area contributed by atoms with Crippen molar-refractivity contribution in [1.29, 1.82) is 0 Å². The Morgan fingerprint density at radius 1 is 1.60 bits per heavy atom. The standard InChI is InChI=1S/C10H15N3OS/c1-2-9(10(14)13-12)15-8-5-3-4-7(11)6-8/h3-6,9H,2,11-12H2,1H3,(H,13,14). The van der Waals surface area contributed by atoms with Crippen molar-refractivity contribution in [2.45, 2.75) is 23.5 Å². The molecule has 5 N–H and O–H groups in total. The number of anilines is 1. The van der Waals surface area contributed by atoms with Crippen LogP contribution in [0.3, 0.4) is 0 Å². The van der Waals surface area contributed by atoms with E-state index in [-0.39, 0.29) is 11.2 Å². The first-order valence-electron chi connectivity index (χ1n) is 4.70. The first kappa shape index (κ1) is 11.9. The molecule has 1 amide bonds. The lowest BCUT2D eigenvalue weighted by molar-refractivity contribution is -0.120. The van der Waals surface area contributed by atoms with Gasteiger partial charge < -0.3 is 5.73 Å². The van der Waals surface area contributed by atoms with Crippen LogP contribution in [0.15, 0.2) is 29.2 Å². The molecule has 4 nitrogen and oxygen atoms in total. The van der Waals surface area contributed by atoms with Gasteiger partial charge in [-0.05, 0) is 24.6 Å². The fourth-order valence-corrected chi connectivity index (χ4v) is 2.20. The smallest absolute Gasteiger partial charge is 0.247 e. The number of nitrogens with two attached hydrogens (primary N) is 2. The van der Waals surface area contributed by atoms with Gasteiger partial charge in [0.15, 0.2) is 0 Å². The number of nitrogen functional groups attached to an aromatic ring is 1. The molecule has 1 atom stereocenters. The van der Waals surface area contributed by atoms with Crippen LogP contribution in [-0.2, 0) is 4.79 Å². The molecule has 1 aromatic carbocycles. The van der Waals surface area contributed by atoms with Crippen LogP contribution < -0.4 is 17.0 Å². The van der Waals surface area contributed by atoms with Crippen LogP contribution in [0.1, 0.15) is 13.3 Å². The largest absolute Gasteiger partial charge is 0.399 e. The van der Waals surface area contributed by atoms with Crippen LogP contribution in [-0.4, -0.2) is 11.2 Å². The zero-order valence-corrected chi connectivity index (χ0v) is 9.38. The van der Waals surface area contributed by atoms with Gasteiger partial charge in [-0.1, -0.05) is 13.0 Å². The van der Waals surface area contributed by atoms with Gasteiger partial charge in [0, 0.05) is 10.6 Å². The van der Waals surface area contributed by atoms with Crippen LogP contribution in [0, 0.1) is 0 Å². The quantitative estimate of drug-likeness (QED) is 0.236. The molecule has 5 heteroatoms. The van der Waals surface area contributed by atoms with Gasteiger partial charge in [-0.15, -0.1) is 11.8 Å². The number of carbonyl (C=O) groups excluding carboxylic acids is 1. The number of nitrogens with one attached hydrogen (secondary N) is 1. The summed E-state index contributed by atoms with van der Waals surface area (Å²) in [6.07, 6.45) is 0.725. The Kier molecular flexibility index (Phi) is 4.45. The van der Waals surface area contributed by atoms with Gasteiger partial charge in [-0.3, -0.25) is 10.2 Å². The van der Waals surface area contributed by atoms with Crippen molar-refractivity contribution in [2.75, 3.05) is 5.73 Å². The van der Waals surface area contributed by atoms with Crippen molar-refractivity contribution < 1.29 is 4.79 Å². The molecule has 0 heterocycles. The SMILES string of the molecule is CCC(Sc1cccc(N)c1)C(=O)NN. The lowest BCUT2D eigenvalue weighted by Crippen LogP contribution is -2.37. The lowest BCUT2D eigenvalue weighted by atomic mass is 10.3. The molecule has 15 heavy (non-hydrogen) atoms. The molecule has 1 rings (SSSR count). The van der Waals surface area contributed by atoms with Crippen molar-refractivity contribution >= 4 is 23.4 Å². The fraction of sp³-hybridized carbons (Fsp3) is 0.300. The Hall–Kier alpha value is -1.20. The Morgan fingerprint density at radius 3 is 2.87 bits per heavy atom. The van der Waals surface area contributed by atoms with Gasteiger partial charge in [0.1, 0.15) is 0 Å². The molecular formula is C10H15N3OS. The van der Waals surface area contributed by atoms with Crippen LogP contribution >= 0.6 is 11.8 Å². The minimum Gasteiger partial charge on any atom is -0.399 e. The molecule has 0 saturated heterocycles. The number of hydrogen-bond donors (Lipinski definition) is 3. The number of benzene rings is 1. The zero-order valence-electron chi connectivity index (χ0n) is 8.57. The zero-order chi connectivity index (χ0) is 11.3. The van der Waals surface area contributed by atoms with E-state index in [4.69, 9.17) is 11.6 Å². The number of amides is 1.